The second-order valence-electron chi connectivity index (χ2n) is 1.61. The van der Waals surface area contributed by atoms with Crippen molar-refractivity contribution >= 4 is 15.9 Å². The third-order valence-electron chi connectivity index (χ3n) is 0.947. The number of nitrogens with zero attached hydrogens (tertiary/aromatic N) is 2. The van der Waals surface area contributed by atoms with E-state index in [0.29, 0.717) is 4.60 Å². The van der Waals surface area contributed by atoms with E-state index < -0.39 is 12.4 Å². The van der Waals surface area contributed by atoms with Crippen LogP contribution in [-0.2, 0) is 6.80 Å². The van der Waals surface area contributed by atoms with E-state index >= 15 is 0 Å². The van der Waals surface area contributed by atoms with Gasteiger partial charge in [0.2, 0.25) is 0 Å². The summed E-state index contributed by atoms with van der Waals surface area (Å²) in [5, 5.41) is 3.54. The van der Waals surface area contributed by atoms with Gasteiger partial charge in [-0.15, -0.1) is 0 Å². The normalized spacial score (nSPS) is 9.80. The second-order valence-corrected chi connectivity index (χ2v) is 2.43. The summed E-state index contributed by atoms with van der Waals surface area (Å²) in [5.74, 6) is 0. The van der Waals surface area contributed by atoms with E-state index in [4.69, 9.17) is 0 Å². The van der Waals surface area contributed by atoms with Crippen molar-refractivity contribution in [2.45, 2.75) is 6.80 Å². The predicted octanol–water partition coefficient (Wildman–Crippen LogP) is 0.933. The summed E-state index contributed by atoms with van der Waals surface area (Å²) in [6, 6.07) is 2.71. The second kappa shape index (κ2) is 2.92. The van der Waals surface area contributed by atoms with Crippen LogP contribution in [0.4, 0.5) is 4.39 Å². The van der Waals surface area contributed by atoms with Gasteiger partial charge in [-0.3, -0.25) is 4.79 Å². The van der Waals surface area contributed by atoms with Gasteiger partial charge < -0.3 is 0 Å². The molecule has 0 aliphatic rings. The highest BCUT2D eigenvalue weighted by Gasteiger charge is 1.94. The first-order valence-corrected chi connectivity index (χ1v) is 3.33. The first kappa shape index (κ1) is 7.40. The summed E-state index contributed by atoms with van der Waals surface area (Å²) in [5.41, 5.74) is -0.439. The summed E-state index contributed by atoms with van der Waals surface area (Å²) in [4.78, 5) is 10.6. The molecule has 1 aromatic heterocycles. The fraction of sp³-hybridized carbons (Fsp3) is 0.200. The molecule has 0 bridgehead atoms. The zero-order chi connectivity index (χ0) is 7.56. The minimum atomic E-state index is -0.891. The third-order valence-corrected chi connectivity index (χ3v) is 1.37. The molecule has 5 heteroatoms. The lowest BCUT2D eigenvalue weighted by Gasteiger charge is -1.95. The van der Waals surface area contributed by atoms with Gasteiger partial charge in [0, 0.05) is 6.07 Å². The summed E-state index contributed by atoms with van der Waals surface area (Å²) >= 11 is 3.00. The quantitative estimate of drug-likeness (QED) is 0.686. The molecule has 0 aliphatic carbocycles. The molecule has 10 heavy (non-hydrogen) atoms. The molecule has 0 aliphatic heterocycles. The lowest BCUT2D eigenvalue weighted by molar-refractivity contribution is 0.335. The molecule has 1 aromatic rings. The van der Waals surface area contributed by atoms with Crippen molar-refractivity contribution in [2.24, 2.45) is 0 Å². The first-order chi connectivity index (χ1) is 4.74. The van der Waals surface area contributed by atoms with Gasteiger partial charge in [0.1, 0.15) is 4.60 Å². The molecular formula is C5H4BrFN2O. The van der Waals surface area contributed by atoms with Crippen molar-refractivity contribution < 1.29 is 4.39 Å². The molecule has 0 radical (unpaired) electrons. The Hall–Kier alpha value is -0.710. The number of rotatable bonds is 1. The SMILES string of the molecule is O=c1ccc(Br)nn1CF. The van der Waals surface area contributed by atoms with E-state index in [1.54, 1.807) is 0 Å². The molecule has 1 heterocycles. The van der Waals surface area contributed by atoms with Crippen LogP contribution in [0.15, 0.2) is 21.5 Å². The van der Waals surface area contributed by atoms with Crippen LogP contribution in [0.2, 0.25) is 0 Å². The van der Waals surface area contributed by atoms with Gasteiger partial charge in [-0.05, 0) is 22.0 Å². The highest BCUT2D eigenvalue weighted by Crippen LogP contribution is 1.99. The molecule has 0 amide bonds. The van der Waals surface area contributed by atoms with E-state index in [2.05, 4.69) is 21.0 Å². The average Bonchev–Trinajstić information content (AvgIpc) is 1.94. The fourth-order valence-corrected chi connectivity index (χ4v) is 0.833. The van der Waals surface area contributed by atoms with Gasteiger partial charge >= 0.3 is 0 Å². The van der Waals surface area contributed by atoms with Crippen LogP contribution in [0.5, 0.6) is 0 Å². The topological polar surface area (TPSA) is 34.9 Å². The standard InChI is InChI=1S/C5H4BrFN2O/c6-4-1-2-5(10)9(3-7)8-4/h1-2H,3H2. The zero-order valence-corrected chi connectivity index (χ0v) is 6.51. The van der Waals surface area contributed by atoms with Gasteiger partial charge in [0.05, 0.1) is 0 Å². The number of alkyl halides is 1. The van der Waals surface area contributed by atoms with Gasteiger partial charge in [0.25, 0.3) is 5.56 Å². The Morgan fingerprint density at radius 2 is 2.40 bits per heavy atom. The number of halogens is 2. The van der Waals surface area contributed by atoms with Crippen molar-refractivity contribution in [2.75, 3.05) is 0 Å². The Morgan fingerprint density at radius 3 is 2.90 bits per heavy atom. The molecule has 1 rings (SSSR count). The van der Waals surface area contributed by atoms with Crippen LogP contribution in [-0.4, -0.2) is 9.78 Å². The highest BCUT2D eigenvalue weighted by molar-refractivity contribution is 9.10. The molecule has 0 fully saturated rings. The van der Waals surface area contributed by atoms with Crippen LogP contribution < -0.4 is 5.56 Å². The van der Waals surface area contributed by atoms with Gasteiger partial charge in [0.15, 0.2) is 6.80 Å². The van der Waals surface area contributed by atoms with Crippen molar-refractivity contribution in [3.8, 4) is 0 Å². The lowest BCUT2D eigenvalue weighted by atomic mass is 10.6. The summed E-state index contributed by atoms with van der Waals surface area (Å²) in [6.45, 7) is -0.891. The van der Waals surface area contributed by atoms with Crippen LogP contribution in [0, 0.1) is 0 Å². The van der Waals surface area contributed by atoms with Crippen molar-refractivity contribution in [3.63, 3.8) is 0 Å². The minimum absolute atomic E-state index is 0.439. The molecule has 0 aromatic carbocycles. The van der Waals surface area contributed by atoms with E-state index in [-0.39, 0.29) is 0 Å². The van der Waals surface area contributed by atoms with Gasteiger partial charge in [-0.25, -0.2) is 4.39 Å². The molecule has 54 valence electrons. The van der Waals surface area contributed by atoms with E-state index in [9.17, 15) is 9.18 Å². The summed E-state index contributed by atoms with van der Waals surface area (Å²) < 4.78 is 13.0. The molecule has 0 unspecified atom stereocenters. The Balaban J connectivity index is 3.22. The molecule has 0 saturated heterocycles. The Morgan fingerprint density at radius 1 is 1.70 bits per heavy atom. The predicted molar refractivity (Wildman–Crippen MR) is 37.3 cm³/mol. The largest absolute Gasteiger partial charge is 0.269 e. The molecule has 3 nitrogen and oxygen atoms in total. The van der Waals surface area contributed by atoms with E-state index in [1.165, 1.54) is 12.1 Å². The van der Waals surface area contributed by atoms with Crippen LogP contribution in [0.1, 0.15) is 0 Å². The van der Waals surface area contributed by atoms with Gasteiger partial charge in [-0.1, -0.05) is 0 Å². The smallest absolute Gasteiger partial charge is 0.268 e. The fourth-order valence-electron chi connectivity index (χ4n) is 0.510. The number of hydrogen-bond acceptors (Lipinski definition) is 2. The Labute approximate surface area is 64.6 Å². The number of aromatic nitrogens is 2. The minimum Gasteiger partial charge on any atom is -0.268 e. The first-order valence-electron chi connectivity index (χ1n) is 2.53. The zero-order valence-electron chi connectivity index (χ0n) is 4.92. The average molecular weight is 207 g/mol. The van der Waals surface area contributed by atoms with Gasteiger partial charge in [-0.2, -0.15) is 9.78 Å². The lowest BCUT2D eigenvalue weighted by Crippen LogP contribution is -2.19. The van der Waals surface area contributed by atoms with Crippen LogP contribution >= 0.6 is 15.9 Å². The Kier molecular flexibility index (Phi) is 2.16. The summed E-state index contributed by atoms with van der Waals surface area (Å²) in [6.07, 6.45) is 0. The van der Waals surface area contributed by atoms with E-state index in [0.717, 1.165) is 4.68 Å². The third kappa shape index (κ3) is 1.41. The number of hydrogen-bond donors (Lipinski definition) is 0. The Bertz CT molecular complexity index is 285. The summed E-state index contributed by atoms with van der Waals surface area (Å²) in [7, 11) is 0. The maximum atomic E-state index is 11.8. The maximum absolute atomic E-state index is 11.8. The molecule has 0 spiro atoms. The molecule has 0 atom stereocenters. The molecule has 0 N–H and O–H groups in total. The highest BCUT2D eigenvalue weighted by atomic mass is 79.9. The van der Waals surface area contributed by atoms with Crippen molar-refractivity contribution in [3.05, 3.63) is 27.1 Å². The van der Waals surface area contributed by atoms with Crippen molar-refractivity contribution in [1.82, 2.24) is 9.78 Å². The maximum Gasteiger partial charge on any atom is 0.269 e. The van der Waals surface area contributed by atoms with Crippen LogP contribution in [0.25, 0.3) is 0 Å². The monoisotopic (exact) mass is 206 g/mol. The van der Waals surface area contributed by atoms with Crippen molar-refractivity contribution in [1.29, 1.82) is 0 Å². The van der Waals surface area contributed by atoms with Crippen LogP contribution in [0.3, 0.4) is 0 Å². The molecular weight excluding hydrogens is 203 g/mol. The van der Waals surface area contributed by atoms with E-state index in [1.807, 2.05) is 0 Å². The molecule has 0 saturated carbocycles.